The van der Waals surface area contributed by atoms with Crippen LogP contribution in [0.3, 0.4) is 0 Å². The second-order valence-electron chi connectivity index (χ2n) is 8.16. The number of hydrazine groups is 1. The Hall–Kier alpha value is -4.60. The second kappa shape index (κ2) is 12.1. The lowest BCUT2D eigenvalue weighted by molar-refractivity contribution is -0.119. The fourth-order valence-electron chi connectivity index (χ4n) is 3.89. The van der Waals surface area contributed by atoms with Gasteiger partial charge < -0.3 is 9.84 Å². The summed E-state index contributed by atoms with van der Waals surface area (Å²) in [6.45, 7) is 1.75. The third kappa shape index (κ3) is 5.86. The summed E-state index contributed by atoms with van der Waals surface area (Å²) in [5.41, 5.74) is 8.47. The van der Waals surface area contributed by atoms with E-state index < -0.39 is 5.91 Å². The Labute approximate surface area is 225 Å². The van der Waals surface area contributed by atoms with Crippen LogP contribution >= 0.6 is 12.4 Å². The highest BCUT2D eigenvalue weighted by Crippen LogP contribution is 2.29. The van der Waals surface area contributed by atoms with Crippen molar-refractivity contribution in [2.24, 2.45) is 5.84 Å². The minimum Gasteiger partial charge on any atom is -0.359 e. The van der Waals surface area contributed by atoms with Gasteiger partial charge in [0.2, 0.25) is 5.91 Å². The minimum atomic E-state index is -0.400. The number of carbonyl (C=O) groups excluding carboxylic acids is 2. The molecule has 0 radical (unpaired) electrons. The highest BCUT2D eigenvalue weighted by molar-refractivity contribution is 6.06. The van der Waals surface area contributed by atoms with Crippen LogP contribution < -0.4 is 16.6 Å². The van der Waals surface area contributed by atoms with Crippen molar-refractivity contribution in [3.05, 3.63) is 90.4 Å². The van der Waals surface area contributed by atoms with Crippen molar-refractivity contribution in [3.63, 3.8) is 0 Å². The topological polar surface area (TPSA) is 136 Å². The first kappa shape index (κ1) is 28.0. The molecule has 4 N–H and O–H groups in total. The van der Waals surface area contributed by atoms with Gasteiger partial charge in [-0.3, -0.25) is 20.0 Å². The highest BCUT2D eigenvalue weighted by atomic mass is 35.5. The maximum atomic E-state index is 12.3. The van der Waals surface area contributed by atoms with E-state index in [2.05, 4.69) is 20.9 Å². The average molecular weight is 531 g/mol. The van der Waals surface area contributed by atoms with Crippen LogP contribution in [0.2, 0.25) is 0 Å². The maximum absolute atomic E-state index is 12.3. The van der Waals surface area contributed by atoms with E-state index in [9.17, 15) is 9.59 Å². The van der Waals surface area contributed by atoms with E-state index >= 15 is 0 Å². The van der Waals surface area contributed by atoms with E-state index in [4.69, 9.17) is 15.3 Å². The molecule has 2 aromatic carbocycles. The molecule has 0 aliphatic carbocycles. The average Bonchev–Trinajstić information content (AvgIpc) is 3.40. The van der Waals surface area contributed by atoms with E-state index in [1.165, 1.54) is 6.92 Å². The first-order valence-corrected chi connectivity index (χ1v) is 11.2. The molecule has 0 unspecified atom stereocenters. The molecule has 0 aliphatic rings. The summed E-state index contributed by atoms with van der Waals surface area (Å²) >= 11 is 0. The third-order valence-corrected chi connectivity index (χ3v) is 5.75. The molecule has 5 aromatic rings. The number of benzene rings is 2. The Morgan fingerprint density at radius 1 is 0.895 bits per heavy atom. The summed E-state index contributed by atoms with van der Waals surface area (Å²) < 4.78 is 5.29. The molecule has 38 heavy (non-hydrogen) atoms. The van der Waals surface area contributed by atoms with Gasteiger partial charge in [0.25, 0.3) is 5.91 Å². The standard InChI is InChI=1S/C27H22N6O3.CH4.ClH/c1-16(34)30-14-21-12-26(33-36-21)20-8-4-18(5-9-20)17-2-6-19(7-3-17)25-13-22(27(35)32-28)23-15-29-11-10-24(23)31-25;;/h2-13,15H,14,28H2,1H3,(H,30,34)(H,32,35);1H4;1H. The monoisotopic (exact) mass is 530 g/mol. The van der Waals surface area contributed by atoms with Crippen LogP contribution in [0.25, 0.3) is 44.5 Å². The number of nitrogen functional groups attached to an aromatic ring is 1. The Bertz CT molecular complexity index is 1570. The van der Waals surface area contributed by atoms with Gasteiger partial charge >= 0.3 is 0 Å². The Kier molecular flexibility index (Phi) is 8.90. The molecular formula is C28H27ClN6O3. The lowest BCUT2D eigenvalue weighted by atomic mass is 9.99. The van der Waals surface area contributed by atoms with Gasteiger partial charge in [-0.1, -0.05) is 61.1 Å². The van der Waals surface area contributed by atoms with Crippen LogP contribution in [0.5, 0.6) is 0 Å². The lowest BCUT2D eigenvalue weighted by Crippen LogP contribution is -2.30. The van der Waals surface area contributed by atoms with Gasteiger partial charge in [-0.15, -0.1) is 12.4 Å². The SMILES string of the molecule is C.CC(=O)NCc1cc(-c2ccc(-c3ccc(-c4cc(C(=O)NN)c5cnccc5n4)cc3)cc2)no1.Cl. The van der Waals surface area contributed by atoms with Crippen LogP contribution in [0.4, 0.5) is 0 Å². The Morgan fingerprint density at radius 3 is 2.11 bits per heavy atom. The molecule has 0 saturated carbocycles. The molecule has 194 valence electrons. The fourth-order valence-corrected chi connectivity index (χ4v) is 3.89. The van der Waals surface area contributed by atoms with Gasteiger partial charge in [0, 0.05) is 41.9 Å². The number of fused-ring (bicyclic) bond motifs is 1. The number of halogens is 1. The predicted octanol–water partition coefficient (Wildman–Crippen LogP) is 4.92. The molecule has 0 bridgehead atoms. The van der Waals surface area contributed by atoms with E-state index in [0.29, 0.717) is 40.2 Å². The molecule has 0 spiro atoms. The predicted molar refractivity (Wildman–Crippen MR) is 149 cm³/mol. The molecule has 0 saturated heterocycles. The van der Waals surface area contributed by atoms with E-state index in [-0.39, 0.29) is 25.7 Å². The Balaban J connectivity index is 0.00000200. The van der Waals surface area contributed by atoms with Crippen molar-refractivity contribution in [3.8, 4) is 33.6 Å². The van der Waals surface area contributed by atoms with Gasteiger partial charge in [0.05, 0.1) is 23.3 Å². The van der Waals surface area contributed by atoms with Crippen molar-refractivity contribution < 1.29 is 14.1 Å². The Morgan fingerprint density at radius 2 is 1.50 bits per heavy atom. The maximum Gasteiger partial charge on any atom is 0.265 e. The normalized spacial score (nSPS) is 10.3. The number of nitrogens with two attached hydrogens (primary N) is 1. The van der Waals surface area contributed by atoms with Gasteiger partial charge in [0.15, 0.2) is 5.76 Å². The molecule has 0 aliphatic heterocycles. The molecular weight excluding hydrogens is 504 g/mol. The quantitative estimate of drug-likeness (QED) is 0.161. The molecule has 5 rings (SSSR count). The second-order valence-corrected chi connectivity index (χ2v) is 8.16. The summed E-state index contributed by atoms with van der Waals surface area (Å²) in [7, 11) is 0. The van der Waals surface area contributed by atoms with Crippen molar-refractivity contribution in [1.29, 1.82) is 0 Å². The largest absolute Gasteiger partial charge is 0.359 e. The molecule has 3 heterocycles. The number of pyridine rings is 2. The van der Waals surface area contributed by atoms with Gasteiger partial charge in [-0.05, 0) is 23.3 Å². The molecule has 0 atom stereocenters. The smallest absolute Gasteiger partial charge is 0.265 e. The van der Waals surface area contributed by atoms with Crippen molar-refractivity contribution >= 4 is 35.1 Å². The highest BCUT2D eigenvalue weighted by Gasteiger charge is 2.14. The van der Waals surface area contributed by atoms with Crippen molar-refractivity contribution in [2.75, 3.05) is 0 Å². The number of aromatic nitrogens is 3. The number of nitrogens with zero attached hydrogens (tertiary/aromatic N) is 3. The van der Waals surface area contributed by atoms with E-state index in [1.54, 1.807) is 24.5 Å². The van der Waals surface area contributed by atoms with Crippen molar-refractivity contribution in [2.45, 2.75) is 20.9 Å². The number of hydrogen-bond donors (Lipinski definition) is 3. The number of carbonyl (C=O) groups is 2. The molecule has 2 amide bonds. The third-order valence-electron chi connectivity index (χ3n) is 5.75. The van der Waals surface area contributed by atoms with Crippen LogP contribution in [0.1, 0.15) is 30.5 Å². The zero-order chi connectivity index (χ0) is 25.1. The molecule has 3 aromatic heterocycles. The van der Waals surface area contributed by atoms with Crippen LogP contribution in [0.15, 0.2) is 83.6 Å². The first-order chi connectivity index (χ1) is 17.5. The fraction of sp³-hybridized carbons (Fsp3) is 0.107. The van der Waals surface area contributed by atoms with Gasteiger partial charge in [-0.25, -0.2) is 10.8 Å². The zero-order valence-electron chi connectivity index (χ0n) is 19.8. The van der Waals surface area contributed by atoms with Gasteiger partial charge in [-0.2, -0.15) is 0 Å². The summed E-state index contributed by atoms with van der Waals surface area (Å²) in [5.74, 6) is 5.44. The first-order valence-electron chi connectivity index (χ1n) is 11.2. The molecule has 0 fully saturated rings. The minimum absolute atomic E-state index is 0. The molecule has 10 heteroatoms. The lowest BCUT2D eigenvalue weighted by Gasteiger charge is -2.09. The van der Waals surface area contributed by atoms with E-state index in [1.807, 2.05) is 54.6 Å². The van der Waals surface area contributed by atoms with Crippen LogP contribution in [-0.2, 0) is 11.3 Å². The summed E-state index contributed by atoms with van der Waals surface area (Å²) in [6, 6.07) is 21.2. The van der Waals surface area contributed by atoms with Gasteiger partial charge in [0.1, 0.15) is 5.69 Å². The van der Waals surface area contributed by atoms with Crippen molar-refractivity contribution in [1.82, 2.24) is 25.9 Å². The van der Waals surface area contributed by atoms with E-state index in [0.717, 1.165) is 22.3 Å². The van der Waals surface area contributed by atoms with Crippen LogP contribution in [0, 0.1) is 0 Å². The molecule has 9 nitrogen and oxygen atoms in total. The zero-order valence-corrected chi connectivity index (χ0v) is 20.6. The number of nitrogens with one attached hydrogen (secondary N) is 2. The van der Waals surface area contributed by atoms with Crippen LogP contribution in [-0.4, -0.2) is 26.9 Å². The number of rotatable bonds is 6. The summed E-state index contributed by atoms with van der Waals surface area (Å²) in [5, 5.41) is 7.41. The summed E-state index contributed by atoms with van der Waals surface area (Å²) in [4.78, 5) is 32.2. The summed E-state index contributed by atoms with van der Waals surface area (Å²) in [6.07, 6.45) is 3.24. The number of hydrogen-bond acceptors (Lipinski definition) is 7. The number of amides is 2.